The zero-order chi connectivity index (χ0) is 13.0. The van der Waals surface area contributed by atoms with Gasteiger partial charge in [-0.15, -0.1) is 0 Å². The molecule has 0 radical (unpaired) electrons. The molecule has 0 unspecified atom stereocenters. The van der Waals surface area contributed by atoms with E-state index in [4.69, 9.17) is 26.0 Å². The monoisotopic (exact) mass is 268 g/mol. The highest BCUT2D eigenvalue weighted by Crippen LogP contribution is 2.23. The van der Waals surface area contributed by atoms with E-state index in [0.29, 0.717) is 10.8 Å². The number of carboxylic acids is 1. The van der Waals surface area contributed by atoms with E-state index in [0.717, 1.165) is 0 Å². The minimum Gasteiger partial charge on any atom is -0.484 e. The number of ether oxygens (including phenoxy) is 1. The molecule has 1 N–H and O–H groups in total. The van der Waals surface area contributed by atoms with Gasteiger partial charge in [0.25, 0.3) is 0 Å². The summed E-state index contributed by atoms with van der Waals surface area (Å²) in [6, 6.07) is 6.98. The average Bonchev–Trinajstić information content (AvgIpc) is 2.75. The Labute approximate surface area is 107 Å². The maximum Gasteiger partial charge on any atom is 0.312 e. The third-order valence-electron chi connectivity index (χ3n) is 2.01. The zero-order valence-electron chi connectivity index (χ0n) is 9.17. The first-order chi connectivity index (χ1) is 8.65. The molecule has 7 heteroatoms. The number of carbonyl (C=O) groups is 1. The summed E-state index contributed by atoms with van der Waals surface area (Å²) >= 11 is 5.90. The molecule has 0 aliphatic rings. The maximum absolute atomic E-state index is 10.4. The molecule has 1 heterocycles. The van der Waals surface area contributed by atoms with Crippen LogP contribution in [0.1, 0.15) is 11.7 Å². The fraction of sp³-hybridized carbons (Fsp3) is 0.182. The first-order valence-electron chi connectivity index (χ1n) is 5.06. The molecule has 1 aromatic heterocycles. The van der Waals surface area contributed by atoms with Gasteiger partial charge in [-0.05, 0) is 12.1 Å². The Hall–Kier alpha value is -2.08. The van der Waals surface area contributed by atoms with E-state index in [1.165, 1.54) is 0 Å². The lowest BCUT2D eigenvalue weighted by molar-refractivity contribution is -0.136. The van der Waals surface area contributed by atoms with Gasteiger partial charge in [0.2, 0.25) is 11.7 Å². The molecule has 18 heavy (non-hydrogen) atoms. The summed E-state index contributed by atoms with van der Waals surface area (Å²) in [7, 11) is 0. The highest BCUT2D eigenvalue weighted by molar-refractivity contribution is 6.32. The molecule has 0 fully saturated rings. The van der Waals surface area contributed by atoms with Crippen molar-refractivity contribution < 1.29 is 19.2 Å². The molecule has 0 amide bonds. The summed E-state index contributed by atoms with van der Waals surface area (Å²) in [6.07, 6.45) is -0.306. The fourth-order valence-corrected chi connectivity index (χ4v) is 1.44. The van der Waals surface area contributed by atoms with Crippen molar-refractivity contribution in [2.75, 3.05) is 0 Å². The Morgan fingerprint density at radius 2 is 2.22 bits per heavy atom. The molecule has 0 saturated carbocycles. The summed E-state index contributed by atoms with van der Waals surface area (Å²) in [5, 5.41) is 12.6. The second-order valence-corrected chi connectivity index (χ2v) is 3.80. The lowest BCUT2D eigenvalue weighted by Crippen LogP contribution is -2.01. The Morgan fingerprint density at radius 1 is 1.44 bits per heavy atom. The van der Waals surface area contributed by atoms with Crippen LogP contribution in [0, 0.1) is 0 Å². The van der Waals surface area contributed by atoms with Crippen molar-refractivity contribution in [3.63, 3.8) is 0 Å². The van der Waals surface area contributed by atoms with Crippen LogP contribution in [0.5, 0.6) is 5.75 Å². The number of benzene rings is 1. The molecule has 2 rings (SSSR count). The van der Waals surface area contributed by atoms with E-state index in [9.17, 15) is 4.79 Å². The smallest absolute Gasteiger partial charge is 0.312 e. The molecule has 0 atom stereocenters. The van der Waals surface area contributed by atoms with Gasteiger partial charge in [-0.25, -0.2) is 0 Å². The summed E-state index contributed by atoms with van der Waals surface area (Å²) in [4.78, 5) is 14.3. The fourth-order valence-electron chi connectivity index (χ4n) is 1.25. The lowest BCUT2D eigenvalue weighted by Gasteiger charge is -2.04. The molecular formula is C11H9ClN2O4. The van der Waals surface area contributed by atoms with Crippen LogP contribution in [-0.4, -0.2) is 21.2 Å². The van der Waals surface area contributed by atoms with Crippen molar-refractivity contribution in [1.82, 2.24) is 10.1 Å². The van der Waals surface area contributed by atoms with Crippen LogP contribution in [0.2, 0.25) is 5.02 Å². The van der Waals surface area contributed by atoms with Gasteiger partial charge in [0.05, 0.1) is 5.02 Å². The minimum atomic E-state index is -1.03. The van der Waals surface area contributed by atoms with Gasteiger partial charge < -0.3 is 14.4 Å². The van der Waals surface area contributed by atoms with Gasteiger partial charge in [0, 0.05) is 0 Å². The van der Waals surface area contributed by atoms with Crippen molar-refractivity contribution in [3.8, 4) is 5.75 Å². The minimum absolute atomic E-state index is 0.0419. The molecule has 6 nitrogen and oxygen atoms in total. The number of para-hydroxylation sites is 1. The van der Waals surface area contributed by atoms with Gasteiger partial charge in [-0.2, -0.15) is 4.98 Å². The van der Waals surface area contributed by atoms with Gasteiger partial charge >= 0.3 is 5.97 Å². The molecule has 1 aromatic carbocycles. The summed E-state index contributed by atoms with van der Waals surface area (Å²) in [5.74, 6) is -0.215. The predicted octanol–water partition coefficient (Wildman–Crippen LogP) is 1.93. The van der Waals surface area contributed by atoms with Crippen LogP contribution in [0.15, 0.2) is 28.8 Å². The third-order valence-corrected chi connectivity index (χ3v) is 2.32. The third kappa shape index (κ3) is 3.21. The van der Waals surface area contributed by atoms with Gasteiger partial charge in [0.1, 0.15) is 12.2 Å². The Kier molecular flexibility index (Phi) is 3.78. The number of nitrogens with zero attached hydrogens (tertiary/aromatic N) is 2. The number of aromatic nitrogens is 2. The summed E-state index contributed by atoms with van der Waals surface area (Å²) < 4.78 is 10.1. The Balaban J connectivity index is 1.96. The van der Waals surface area contributed by atoms with Crippen LogP contribution >= 0.6 is 11.6 Å². The van der Waals surface area contributed by atoms with Gasteiger partial charge in [-0.3, -0.25) is 4.79 Å². The molecule has 94 valence electrons. The highest BCUT2D eigenvalue weighted by Gasteiger charge is 2.10. The van der Waals surface area contributed by atoms with Crippen LogP contribution in [-0.2, 0) is 17.8 Å². The van der Waals surface area contributed by atoms with Crippen molar-refractivity contribution in [2.45, 2.75) is 13.0 Å². The second-order valence-electron chi connectivity index (χ2n) is 3.39. The SMILES string of the molecule is O=C(O)Cc1nc(COc2ccccc2Cl)no1. The molecular weight excluding hydrogens is 260 g/mol. The van der Waals surface area contributed by atoms with Crippen LogP contribution in [0.4, 0.5) is 0 Å². The number of halogens is 1. The van der Waals surface area contributed by atoms with E-state index in [1.807, 2.05) is 0 Å². The number of carboxylic acid groups (broad SMARTS) is 1. The molecule has 0 spiro atoms. The summed E-state index contributed by atoms with van der Waals surface area (Å²) in [5.41, 5.74) is 0. The highest BCUT2D eigenvalue weighted by atomic mass is 35.5. The second kappa shape index (κ2) is 5.50. The summed E-state index contributed by atoms with van der Waals surface area (Å²) in [6.45, 7) is 0.0624. The van der Waals surface area contributed by atoms with Crippen molar-refractivity contribution in [2.24, 2.45) is 0 Å². The van der Waals surface area contributed by atoms with Crippen LogP contribution < -0.4 is 4.74 Å². The maximum atomic E-state index is 10.4. The van der Waals surface area contributed by atoms with Crippen LogP contribution in [0.3, 0.4) is 0 Å². The van der Waals surface area contributed by atoms with Crippen molar-refractivity contribution in [1.29, 1.82) is 0 Å². The number of rotatable bonds is 5. The van der Waals surface area contributed by atoms with Crippen molar-refractivity contribution >= 4 is 17.6 Å². The number of hydrogen-bond acceptors (Lipinski definition) is 5. The first kappa shape index (κ1) is 12.4. The quantitative estimate of drug-likeness (QED) is 0.892. The Morgan fingerprint density at radius 3 is 2.94 bits per heavy atom. The average molecular weight is 269 g/mol. The zero-order valence-corrected chi connectivity index (χ0v) is 9.92. The molecule has 0 bridgehead atoms. The van der Waals surface area contributed by atoms with Gasteiger partial charge in [0.15, 0.2) is 6.61 Å². The predicted molar refractivity (Wildman–Crippen MR) is 61.4 cm³/mol. The first-order valence-corrected chi connectivity index (χ1v) is 5.43. The normalized spacial score (nSPS) is 10.3. The van der Waals surface area contributed by atoms with Gasteiger partial charge in [-0.1, -0.05) is 28.9 Å². The largest absolute Gasteiger partial charge is 0.484 e. The lowest BCUT2D eigenvalue weighted by atomic mass is 10.3. The molecule has 2 aromatic rings. The Bertz CT molecular complexity index is 555. The number of hydrogen-bond donors (Lipinski definition) is 1. The standard InChI is InChI=1S/C11H9ClN2O4/c12-7-3-1-2-4-8(7)17-6-9-13-10(18-14-9)5-11(15)16/h1-4H,5-6H2,(H,15,16). The van der Waals surface area contributed by atoms with E-state index in [1.54, 1.807) is 24.3 Å². The van der Waals surface area contributed by atoms with Crippen molar-refractivity contribution in [3.05, 3.63) is 41.0 Å². The van der Waals surface area contributed by atoms with E-state index in [-0.39, 0.29) is 24.7 Å². The molecule has 0 saturated heterocycles. The van der Waals surface area contributed by atoms with E-state index < -0.39 is 5.97 Å². The van der Waals surface area contributed by atoms with Crippen LogP contribution in [0.25, 0.3) is 0 Å². The number of aliphatic carboxylic acids is 1. The molecule has 0 aliphatic heterocycles. The van der Waals surface area contributed by atoms with E-state index in [2.05, 4.69) is 10.1 Å². The van der Waals surface area contributed by atoms with E-state index >= 15 is 0 Å². The molecule has 0 aliphatic carbocycles. The topological polar surface area (TPSA) is 85.5 Å².